The summed E-state index contributed by atoms with van der Waals surface area (Å²) in [5.41, 5.74) is 8.56. The van der Waals surface area contributed by atoms with E-state index in [9.17, 15) is 4.57 Å². The number of unbranched alkanes of at least 4 members (excludes halogenated alkanes) is 5. The average molecular weight is 355 g/mol. The second-order valence-corrected chi connectivity index (χ2v) is 8.59. The molecule has 138 valence electrons. The van der Waals surface area contributed by atoms with Crippen LogP contribution in [0.5, 0.6) is 0 Å². The Hall–Kier alpha value is -0.670. The van der Waals surface area contributed by atoms with Crippen LogP contribution in [0.4, 0.5) is 0 Å². The molecule has 0 aliphatic carbocycles. The Morgan fingerprint density at radius 3 is 2.04 bits per heavy atom. The van der Waals surface area contributed by atoms with Gasteiger partial charge >= 0.3 is 7.60 Å². The van der Waals surface area contributed by atoms with E-state index >= 15 is 0 Å². The van der Waals surface area contributed by atoms with Gasteiger partial charge in [0.05, 0.1) is 6.16 Å². The summed E-state index contributed by atoms with van der Waals surface area (Å²) < 4.78 is 10.8. The minimum absolute atomic E-state index is 0.120. The molecule has 1 rings (SSSR count). The van der Waals surface area contributed by atoms with Gasteiger partial charge in [-0.2, -0.15) is 0 Å². The van der Waals surface area contributed by atoms with E-state index < -0.39 is 7.60 Å². The zero-order valence-corrected chi connectivity index (χ0v) is 15.9. The summed E-state index contributed by atoms with van der Waals surface area (Å²) in [6.45, 7) is 2.24. The van der Waals surface area contributed by atoms with E-state index in [4.69, 9.17) is 15.5 Å². The van der Waals surface area contributed by atoms with Gasteiger partial charge in [-0.3, -0.25) is 4.57 Å². The van der Waals surface area contributed by atoms with Crippen molar-refractivity contribution in [2.75, 3.05) is 6.16 Å². The van der Waals surface area contributed by atoms with Crippen molar-refractivity contribution in [3.8, 4) is 0 Å². The second-order valence-electron chi connectivity index (χ2n) is 6.81. The van der Waals surface area contributed by atoms with E-state index in [2.05, 4.69) is 31.2 Å². The molecule has 0 heterocycles. The summed E-state index contributed by atoms with van der Waals surface area (Å²) in [4.78, 5) is 17.7. The Morgan fingerprint density at radius 2 is 1.46 bits per heavy atom. The highest BCUT2D eigenvalue weighted by molar-refractivity contribution is 7.51. The smallest absolute Gasteiger partial charge is 0.325 e. The fourth-order valence-electron chi connectivity index (χ4n) is 2.81. The normalized spacial score (nSPS) is 13.2. The summed E-state index contributed by atoms with van der Waals surface area (Å²) in [5, 5.41) is 0. The van der Waals surface area contributed by atoms with Gasteiger partial charge in [-0.15, -0.1) is 0 Å². The molecule has 0 saturated carbocycles. The van der Waals surface area contributed by atoms with Gasteiger partial charge in [0, 0.05) is 6.04 Å². The van der Waals surface area contributed by atoms with Gasteiger partial charge < -0.3 is 15.5 Å². The molecule has 0 amide bonds. The van der Waals surface area contributed by atoms with Gasteiger partial charge in [0.15, 0.2) is 0 Å². The standard InChI is InChI=1S/C19H34NO3P/c1-2-3-4-5-6-7-8-17-9-11-18(12-10-17)13-14-19(20)15-16-24(21,22)23/h9-12,19H,2-8,13-16,20H2,1H3,(H2,21,22,23)/t19-/m1/s1. The van der Waals surface area contributed by atoms with E-state index in [0.29, 0.717) is 6.42 Å². The van der Waals surface area contributed by atoms with Gasteiger partial charge in [0.25, 0.3) is 0 Å². The molecule has 0 aliphatic heterocycles. The lowest BCUT2D eigenvalue weighted by molar-refractivity contribution is 0.368. The summed E-state index contributed by atoms with van der Waals surface area (Å²) in [6, 6.07) is 8.55. The Morgan fingerprint density at radius 1 is 0.917 bits per heavy atom. The van der Waals surface area contributed by atoms with Gasteiger partial charge in [-0.05, 0) is 43.2 Å². The third-order valence-corrected chi connectivity index (χ3v) is 5.28. The van der Waals surface area contributed by atoms with Crippen LogP contribution in [-0.4, -0.2) is 22.0 Å². The number of nitrogens with two attached hydrogens (primary N) is 1. The highest BCUT2D eigenvalue weighted by atomic mass is 31.2. The minimum Gasteiger partial charge on any atom is -0.328 e. The van der Waals surface area contributed by atoms with Crippen LogP contribution in [0.1, 0.15) is 69.4 Å². The van der Waals surface area contributed by atoms with Crippen LogP contribution in [0.2, 0.25) is 0 Å². The van der Waals surface area contributed by atoms with Crippen molar-refractivity contribution in [3.05, 3.63) is 35.4 Å². The van der Waals surface area contributed by atoms with Crippen LogP contribution in [-0.2, 0) is 17.4 Å². The first kappa shape index (κ1) is 21.4. The van der Waals surface area contributed by atoms with Crippen LogP contribution in [0, 0.1) is 0 Å². The molecule has 0 aromatic heterocycles. The van der Waals surface area contributed by atoms with E-state index in [1.807, 2.05) is 0 Å². The highest BCUT2D eigenvalue weighted by Crippen LogP contribution is 2.35. The number of hydrogen-bond acceptors (Lipinski definition) is 2. The molecule has 0 saturated heterocycles. The van der Waals surface area contributed by atoms with Crippen molar-refractivity contribution in [3.63, 3.8) is 0 Å². The zero-order valence-electron chi connectivity index (χ0n) is 15.0. The first-order valence-corrected chi connectivity index (χ1v) is 11.1. The summed E-state index contributed by atoms with van der Waals surface area (Å²) in [7, 11) is -3.92. The van der Waals surface area contributed by atoms with Crippen molar-refractivity contribution in [1.29, 1.82) is 0 Å². The molecule has 5 heteroatoms. The lowest BCUT2D eigenvalue weighted by Crippen LogP contribution is -2.22. The molecule has 0 unspecified atom stereocenters. The summed E-state index contributed by atoms with van der Waals surface area (Å²) in [6.07, 6.45) is 11.0. The van der Waals surface area contributed by atoms with Crippen LogP contribution in [0.15, 0.2) is 24.3 Å². The largest absolute Gasteiger partial charge is 0.328 e. The fraction of sp³-hybridized carbons (Fsp3) is 0.684. The first-order valence-electron chi connectivity index (χ1n) is 9.28. The number of aryl methyl sites for hydroxylation is 2. The van der Waals surface area contributed by atoms with Crippen LogP contribution < -0.4 is 5.73 Å². The van der Waals surface area contributed by atoms with Crippen molar-refractivity contribution < 1.29 is 14.4 Å². The van der Waals surface area contributed by atoms with Crippen molar-refractivity contribution >= 4 is 7.60 Å². The maximum absolute atomic E-state index is 10.8. The zero-order chi connectivity index (χ0) is 17.8. The predicted octanol–water partition coefficient (Wildman–Crippen LogP) is 4.42. The van der Waals surface area contributed by atoms with E-state index in [1.54, 1.807) is 0 Å². The first-order chi connectivity index (χ1) is 11.4. The molecular weight excluding hydrogens is 321 g/mol. The molecule has 0 radical (unpaired) electrons. The molecule has 0 fully saturated rings. The Labute approximate surface area is 147 Å². The summed E-state index contributed by atoms with van der Waals surface area (Å²) in [5.74, 6) is 0. The SMILES string of the molecule is CCCCCCCCc1ccc(CC[C@@H](N)CCP(=O)(O)O)cc1. The lowest BCUT2D eigenvalue weighted by Gasteiger charge is -2.12. The molecule has 1 atom stereocenters. The number of benzene rings is 1. The average Bonchev–Trinajstić information content (AvgIpc) is 2.54. The van der Waals surface area contributed by atoms with Crippen molar-refractivity contribution in [2.45, 2.75) is 77.2 Å². The summed E-state index contributed by atoms with van der Waals surface area (Å²) >= 11 is 0. The molecule has 0 spiro atoms. The van der Waals surface area contributed by atoms with Crippen LogP contribution in [0.25, 0.3) is 0 Å². The van der Waals surface area contributed by atoms with Gasteiger partial charge in [-0.1, -0.05) is 63.3 Å². The molecule has 1 aromatic carbocycles. The van der Waals surface area contributed by atoms with Gasteiger partial charge in [0.2, 0.25) is 0 Å². The minimum atomic E-state index is -3.92. The molecule has 0 bridgehead atoms. The Balaban J connectivity index is 2.21. The van der Waals surface area contributed by atoms with Crippen LogP contribution >= 0.6 is 7.60 Å². The molecule has 1 aromatic rings. The second kappa shape index (κ2) is 11.8. The number of hydrogen-bond donors (Lipinski definition) is 3. The third kappa shape index (κ3) is 11.0. The monoisotopic (exact) mass is 355 g/mol. The lowest BCUT2D eigenvalue weighted by atomic mass is 10.0. The molecular formula is C19H34NO3P. The Bertz CT molecular complexity index is 484. The van der Waals surface area contributed by atoms with Crippen LogP contribution in [0.3, 0.4) is 0 Å². The maximum Gasteiger partial charge on any atom is 0.325 e. The third-order valence-electron chi connectivity index (χ3n) is 4.44. The quantitative estimate of drug-likeness (QED) is 0.361. The topological polar surface area (TPSA) is 83.6 Å². The molecule has 24 heavy (non-hydrogen) atoms. The molecule has 0 aliphatic rings. The molecule has 4 nitrogen and oxygen atoms in total. The Kier molecular flexibility index (Phi) is 10.5. The van der Waals surface area contributed by atoms with Gasteiger partial charge in [0.1, 0.15) is 0 Å². The van der Waals surface area contributed by atoms with Crippen molar-refractivity contribution in [2.24, 2.45) is 5.73 Å². The maximum atomic E-state index is 10.8. The predicted molar refractivity (Wildman–Crippen MR) is 101 cm³/mol. The van der Waals surface area contributed by atoms with E-state index in [-0.39, 0.29) is 12.2 Å². The van der Waals surface area contributed by atoms with Gasteiger partial charge in [-0.25, -0.2) is 0 Å². The highest BCUT2D eigenvalue weighted by Gasteiger charge is 2.15. The fourth-order valence-corrected chi connectivity index (χ4v) is 3.48. The number of rotatable bonds is 13. The van der Waals surface area contributed by atoms with Crippen molar-refractivity contribution in [1.82, 2.24) is 0 Å². The van der Waals surface area contributed by atoms with E-state index in [1.165, 1.54) is 49.7 Å². The molecule has 4 N–H and O–H groups in total. The van der Waals surface area contributed by atoms with E-state index in [0.717, 1.165) is 19.3 Å².